The average Bonchev–Trinajstić information content (AvgIpc) is 2.85. The third kappa shape index (κ3) is 6.99. The number of nitrogens with zero attached hydrogens (tertiary/aromatic N) is 2. The van der Waals surface area contributed by atoms with Crippen LogP contribution in [0, 0.1) is 0 Å². The molecular weight excluding hydrogens is 513 g/mol. The van der Waals surface area contributed by atoms with E-state index < -0.39 is 22.8 Å². The summed E-state index contributed by atoms with van der Waals surface area (Å²) >= 11 is 5.62. The molecular formula is C25H20ClF3N4O4. The van der Waals surface area contributed by atoms with E-state index in [2.05, 4.69) is 20.6 Å². The van der Waals surface area contributed by atoms with Crippen LogP contribution in [0.4, 0.5) is 29.3 Å². The highest BCUT2D eigenvalue weighted by atomic mass is 35.5. The summed E-state index contributed by atoms with van der Waals surface area (Å²) in [6.07, 6.45) is -3.13. The van der Waals surface area contributed by atoms with Gasteiger partial charge in [-0.1, -0.05) is 17.7 Å². The zero-order valence-corrected chi connectivity index (χ0v) is 20.1. The first kappa shape index (κ1) is 26.0. The Morgan fingerprint density at radius 2 is 1.70 bits per heavy atom. The van der Waals surface area contributed by atoms with Gasteiger partial charge in [0, 0.05) is 30.6 Å². The van der Waals surface area contributed by atoms with Crippen molar-refractivity contribution in [1.29, 1.82) is 0 Å². The Bertz CT molecular complexity index is 1420. The molecule has 37 heavy (non-hydrogen) atoms. The Kier molecular flexibility index (Phi) is 7.95. The zero-order valence-electron chi connectivity index (χ0n) is 19.3. The van der Waals surface area contributed by atoms with Crippen LogP contribution in [0.5, 0.6) is 17.4 Å². The number of hydrogen-bond donors (Lipinski definition) is 2. The lowest BCUT2D eigenvalue weighted by Gasteiger charge is -2.13. The fraction of sp³-hybridized carbons (Fsp3) is 0.160. The second kappa shape index (κ2) is 11.3. The smallest absolute Gasteiger partial charge is 0.417 e. The van der Waals surface area contributed by atoms with Crippen molar-refractivity contribution in [3.05, 3.63) is 77.4 Å². The molecule has 0 bridgehead atoms. The number of anilines is 2. The molecule has 12 heteroatoms. The fourth-order valence-corrected chi connectivity index (χ4v) is 3.45. The molecule has 0 saturated heterocycles. The first-order chi connectivity index (χ1) is 17.7. The maximum absolute atomic E-state index is 13.1. The van der Waals surface area contributed by atoms with E-state index in [0.717, 1.165) is 12.1 Å². The molecule has 0 aliphatic heterocycles. The maximum atomic E-state index is 13.1. The molecule has 1 aromatic heterocycles. The van der Waals surface area contributed by atoms with Gasteiger partial charge in [0.1, 0.15) is 18.1 Å². The van der Waals surface area contributed by atoms with Crippen molar-refractivity contribution < 1.29 is 32.2 Å². The number of benzene rings is 3. The lowest BCUT2D eigenvalue weighted by atomic mass is 10.2. The number of urea groups is 1. The van der Waals surface area contributed by atoms with Gasteiger partial charge in [0.05, 0.1) is 34.4 Å². The lowest BCUT2D eigenvalue weighted by molar-refractivity contribution is -0.137. The van der Waals surface area contributed by atoms with E-state index in [0.29, 0.717) is 47.3 Å². The monoisotopic (exact) mass is 532 g/mol. The van der Waals surface area contributed by atoms with Gasteiger partial charge >= 0.3 is 12.2 Å². The first-order valence-corrected chi connectivity index (χ1v) is 11.2. The Morgan fingerprint density at radius 1 is 0.946 bits per heavy atom. The van der Waals surface area contributed by atoms with E-state index in [1.165, 1.54) is 12.3 Å². The van der Waals surface area contributed by atoms with Crippen molar-refractivity contribution in [3.63, 3.8) is 0 Å². The number of alkyl halides is 3. The number of hydrogen-bond acceptors (Lipinski definition) is 6. The van der Waals surface area contributed by atoms with Gasteiger partial charge < -0.3 is 24.8 Å². The molecule has 0 radical (unpaired) electrons. The van der Waals surface area contributed by atoms with E-state index >= 15 is 0 Å². The molecule has 0 saturated carbocycles. The van der Waals surface area contributed by atoms with Crippen molar-refractivity contribution in [2.75, 3.05) is 31.0 Å². The molecule has 0 atom stereocenters. The van der Waals surface area contributed by atoms with Gasteiger partial charge in [0.15, 0.2) is 0 Å². The average molecular weight is 533 g/mol. The summed E-state index contributed by atoms with van der Waals surface area (Å²) in [5, 5.41) is 4.46. The second-order valence-corrected chi connectivity index (χ2v) is 8.01. The van der Waals surface area contributed by atoms with E-state index in [1.807, 2.05) is 0 Å². The third-order valence-corrected chi connectivity index (χ3v) is 5.22. The molecule has 0 spiro atoms. The molecule has 1 heterocycles. The molecule has 192 valence electrons. The van der Waals surface area contributed by atoms with Crippen LogP contribution in [0.25, 0.3) is 11.0 Å². The highest BCUT2D eigenvalue weighted by molar-refractivity contribution is 6.31. The van der Waals surface area contributed by atoms with Crippen LogP contribution in [0.3, 0.4) is 0 Å². The van der Waals surface area contributed by atoms with Crippen LogP contribution in [-0.4, -0.2) is 36.3 Å². The van der Waals surface area contributed by atoms with Gasteiger partial charge in [-0.05, 0) is 42.5 Å². The lowest BCUT2D eigenvalue weighted by Crippen LogP contribution is -2.20. The van der Waals surface area contributed by atoms with E-state index in [4.69, 9.17) is 25.8 Å². The zero-order chi connectivity index (χ0) is 26.4. The van der Waals surface area contributed by atoms with Crippen LogP contribution in [0.15, 0.2) is 66.9 Å². The topological polar surface area (TPSA) is 94.6 Å². The third-order valence-electron chi connectivity index (χ3n) is 4.89. The number of fused-ring (bicyclic) bond motifs is 1. The van der Waals surface area contributed by atoms with Crippen LogP contribution in [0.1, 0.15) is 5.56 Å². The number of nitrogens with one attached hydrogen (secondary N) is 2. The molecule has 3 aromatic carbocycles. The summed E-state index contributed by atoms with van der Waals surface area (Å²) in [5.74, 6) is 1.23. The summed E-state index contributed by atoms with van der Waals surface area (Å²) < 4.78 is 55.5. The largest absolute Gasteiger partial charge is 0.474 e. The minimum atomic E-state index is -4.65. The number of methoxy groups -OCH3 is 1. The van der Waals surface area contributed by atoms with E-state index in [-0.39, 0.29) is 5.69 Å². The predicted molar refractivity (Wildman–Crippen MR) is 133 cm³/mol. The standard InChI is InChI=1S/C25H20ClF3N4O4/c1-35-9-10-36-23-14-30-21-8-6-18(13-22(21)33-23)37-17-4-2-3-15(11-17)31-24(34)32-16-5-7-20(26)19(12-16)25(27,28)29/h2-8,11-14H,9-10H2,1H3,(H2,31,32,34). The van der Waals surface area contributed by atoms with Gasteiger partial charge in [0.2, 0.25) is 5.88 Å². The summed E-state index contributed by atoms with van der Waals surface area (Å²) in [6.45, 7) is 0.751. The van der Waals surface area contributed by atoms with Crippen molar-refractivity contribution in [1.82, 2.24) is 9.97 Å². The second-order valence-electron chi connectivity index (χ2n) is 7.60. The molecule has 2 N–H and O–H groups in total. The summed E-state index contributed by atoms with van der Waals surface area (Å²) in [5.41, 5.74) is 0.451. The van der Waals surface area contributed by atoms with Crippen molar-refractivity contribution in [2.45, 2.75) is 6.18 Å². The Morgan fingerprint density at radius 3 is 2.46 bits per heavy atom. The Hall–Kier alpha value is -4.09. The maximum Gasteiger partial charge on any atom is 0.417 e. The Labute approximate surface area is 214 Å². The number of rotatable bonds is 8. The van der Waals surface area contributed by atoms with Crippen LogP contribution >= 0.6 is 11.6 Å². The number of halogens is 4. The van der Waals surface area contributed by atoms with Crippen LogP contribution in [-0.2, 0) is 10.9 Å². The quantitative estimate of drug-likeness (QED) is 0.243. The minimum absolute atomic E-state index is 0.0653. The molecule has 0 fully saturated rings. The molecule has 0 aliphatic rings. The van der Waals surface area contributed by atoms with Gasteiger partial charge in [-0.3, -0.25) is 0 Å². The molecule has 0 aliphatic carbocycles. The SMILES string of the molecule is COCCOc1cnc2ccc(Oc3cccc(NC(=O)Nc4ccc(Cl)c(C(F)(F)F)c4)c3)cc2n1. The fourth-order valence-electron chi connectivity index (χ4n) is 3.22. The minimum Gasteiger partial charge on any atom is -0.474 e. The van der Waals surface area contributed by atoms with Crippen molar-refractivity contribution in [3.8, 4) is 17.4 Å². The van der Waals surface area contributed by atoms with Crippen LogP contribution < -0.4 is 20.1 Å². The first-order valence-electron chi connectivity index (χ1n) is 10.8. The van der Waals surface area contributed by atoms with E-state index in [1.54, 1.807) is 49.6 Å². The number of amides is 2. The molecule has 2 amide bonds. The number of ether oxygens (including phenoxy) is 3. The molecule has 4 rings (SSSR count). The number of carbonyl (C=O) groups is 1. The highest BCUT2D eigenvalue weighted by Gasteiger charge is 2.33. The molecule has 0 unspecified atom stereocenters. The van der Waals surface area contributed by atoms with Gasteiger partial charge in [-0.15, -0.1) is 0 Å². The molecule has 4 aromatic rings. The highest BCUT2D eigenvalue weighted by Crippen LogP contribution is 2.36. The predicted octanol–water partition coefficient (Wildman–Crippen LogP) is 6.76. The molecule has 8 nitrogen and oxygen atoms in total. The van der Waals surface area contributed by atoms with Crippen LogP contribution in [0.2, 0.25) is 5.02 Å². The normalized spacial score (nSPS) is 11.3. The van der Waals surface area contributed by atoms with Gasteiger partial charge in [-0.25, -0.2) is 14.8 Å². The summed E-state index contributed by atoms with van der Waals surface area (Å²) in [6, 6.07) is 14.0. The number of aromatic nitrogens is 2. The van der Waals surface area contributed by atoms with Crippen molar-refractivity contribution >= 4 is 40.0 Å². The van der Waals surface area contributed by atoms with E-state index in [9.17, 15) is 18.0 Å². The summed E-state index contributed by atoms with van der Waals surface area (Å²) in [4.78, 5) is 21.1. The van der Waals surface area contributed by atoms with Gasteiger partial charge in [-0.2, -0.15) is 13.2 Å². The number of carbonyl (C=O) groups excluding carboxylic acids is 1. The summed E-state index contributed by atoms with van der Waals surface area (Å²) in [7, 11) is 1.57. The van der Waals surface area contributed by atoms with Crippen molar-refractivity contribution in [2.24, 2.45) is 0 Å². The van der Waals surface area contributed by atoms with Gasteiger partial charge in [0.25, 0.3) is 0 Å². The Balaban J connectivity index is 1.43.